The summed E-state index contributed by atoms with van der Waals surface area (Å²) in [5.74, 6) is -1.91. The van der Waals surface area contributed by atoms with Crippen LogP contribution < -0.4 is 5.73 Å². The second kappa shape index (κ2) is 5.60. The van der Waals surface area contributed by atoms with Crippen LogP contribution in [-0.2, 0) is 4.79 Å². The molecule has 0 amide bonds. The van der Waals surface area contributed by atoms with Crippen molar-refractivity contribution in [1.82, 2.24) is 0 Å². The van der Waals surface area contributed by atoms with Crippen LogP contribution in [0.5, 0.6) is 0 Å². The quantitative estimate of drug-likeness (QED) is 0.557. The van der Waals surface area contributed by atoms with E-state index in [2.05, 4.69) is 0 Å². The molecular weight excluding hydrogens is 210 g/mol. The van der Waals surface area contributed by atoms with E-state index in [1.165, 1.54) is 0 Å². The lowest BCUT2D eigenvalue weighted by atomic mass is 9.92. The summed E-state index contributed by atoms with van der Waals surface area (Å²) in [5, 5.41) is 27.4. The van der Waals surface area contributed by atoms with E-state index in [1.807, 2.05) is 0 Å². The second-order valence-corrected chi connectivity index (χ2v) is 3.45. The maximum absolute atomic E-state index is 11.0. The van der Waals surface area contributed by atoms with Crippen molar-refractivity contribution in [2.24, 2.45) is 5.73 Å². The fourth-order valence-corrected chi connectivity index (χ4v) is 1.59. The maximum atomic E-state index is 11.0. The van der Waals surface area contributed by atoms with Crippen LogP contribution in [0.4, 0.5) is 0 Å². The zero-order chi connectivity index (χ0) is 12.1. The van der Waals surface area contributed by atoms with Gasteiger partial charge in [-0.2, -0.15) is 0 Å². The highest BCUT2D eigenvalue weighted by atomic mass is 16.4. The first-order chi connectivity index (χ1) is 7.61. The first-order valence-corrected chi connectivity index (χ1v) is 4.92. The normalized spacial score (nSPS) is 14.4. The third kappa shape index (κ3) is 2.57. The van der Waals surface area contributed by atoms with Gasteiger partial charge in [0.05, 0.1) is 12.5 Å². The van der Waals surface area contributed by atoms with E-state index in [9.17, 15) is 9.90 Å². The number of carboxylic acids is 1. The topological polar surface area (TPSA) is 104 Å². The van der Waals surface area contributed by atoms with Gasteiger partial charge in [-0.1, -0.05) is 24.3 Å². The van der Waals surface area contributed by atoms with Crippen molar-refractivity contribution >= 4 is 5.97 Å². The number of nitrogens with two attached hydrogens (primary N) is 1. The van der Waals surface area contributed by atoms with Gasteiger partial charge in [0, 0.05) is 6.54 Å². The molecule has 2 atom stereocenters. The van der Waals surface area contributed by atoms with E-state index < -0.39 is 24.6 Å². The van der Waals surface area contributed by atoms with E-state index in [0.717, 1.165) is 0 Å². The fraction of sp³-hybridized carbons (Fsp3) is 0.364. The molecule has 0 aromatic heterocycles. The number of carbonyl (C=O) groups is 1. The van der Waals surface area contributed by atoms with Crippen LogP contribution in [0.3, 0.4) is 0 Å². The van der Waals surface area contributed by atoms with Crippen molar-refractivity contribution in [3.63, 3.8) is 0 Å². The van der Waals surface area contributed by atoms with Crippen molar-refractivity contribution in [1.29, 1.82) is 0 Å². The first-order valence-electron chi connectivity index (χ1n) is 4.92. The van der Waals surface area contributed by atoms with Crippen molar-refractivity contribution in [3.05, 3.63) is 35.4 Å². The lowest BCUT2D eigenvalue weighted by Gasteiger charge is -2.17. The number of hydrogen-bond donors (Lipinski definition) is 4. The summed E-state index contributed by atoms with van der Waals surface area (Å²) in [5.41, 5.74) is 6.24. The van der Waals surface area contributed by atoms with Crippen LogP contribution in [0.1, 0.15) is 23.1 Å². The Kier molecular flexibility index (Phi) is 4.42. The van der Waals surface area contributed by atoms with Gasteiger partial charge in [-0.15, -0.1) is 0 Å². The molecule has 0 bridgehead atoms. The molecule has 1 aromatic carbocycles. The molecule has 5 nitrogen and oxygen atoms in total. The Morgan fingerprint density at radius 3 is 2.31 bits per heavy atom. The molecule has 5 N–H and O–H groups in total. The number of hydrogen-bond acceptors (Lipinski definition) is 4. The number of aliphatic hydroxyl groups is 2. The highest BCUT2D eigenvalue weighted by Gasteiger charge is 2.23. The van der Waals surface area contributed by atoms with E-state index >= 15 is 0 Å². The zero-order valence-electron chi connectivity index (χ0n) is 8.71. The molecular formula is C11H15NO4. The molecule has 0 aliphatic rings. The Morgan fingerprint density at radius 1 is 1.31 bits per heavy atom. The Bertz CT molecular complexity index is 367. The minimum absolute atomic E-state index is 0.0511. The van der Waals surface area contributed by atoms with Crippen LogP contribution in [0, 0.1) is 0 Å². The summed E-state index contributed by atoms with van der Waals surface area (Å²) in [6, 6.07) is 6.53. The molecule has 0 spiro atoms. The minimum Gasteiger partial charge on any atom is -0.481 e. The molecule has 0 heterocycles. The van der Waals surface area contributed by atoms with Gasteiger partial charge in [0.25, 0.3) is 0 Å². The van der Waals surface area contributed by atoms with Crippen molar-refractivity contribution in [2.45, 2.75) is 12.0 Å². The Labute approximate surface area is 93.1 Å². The standard InChI is InChI=1S/C11H15NO4/c12-5-9(11(15)16)7-3-1-2-4-8(7)10(14)6-13/h1-4,9-10,13-14H,5-6,12H2,(H,15,16). The van der Waals surface area contributed by atoms with Crippen molar-refractivity contribution in [3.8, 4) is 0 Å². The van der Waals surface area contributed by atoms with Crippen LogP contribution in [0.15, 0.2) is 24.3 Å². The third-order valence-electron chi connectivity index (χ3n) is 2.44. The third-order valence-corrected chi connectivity index (χ3v) is 2.44. The van der Waals surface area contributed by atoms with Crippen LogP contribution in [-0.4, -0.2) is 34.4 Å². The number of aliphatic carboxylic acids is 1. The van der Waals surface area contributed by atoms with E-state index in [1.54, 1.807) is 24.3 Å². The van der Waals surface area contributed by atoms with Gasteiger partial charge in [-0.25, -0.2) is 0 Å². The smallest absolute Gasteiger partial charge is 0.312 e. The predicted molar refractivity (Wildman–Crippen MR) is 57.9 cm³/mol. The summed E-state index contributed by atoms with van der Waals surface area (Å²) >= 11 is 0. The van der Waals surface area contributed by atoms with Crippen LogP contribution in [0.25, 0.3) is 0 Å². The molecule has 0 aliphatic carbocycles. The summed E-state index contributed by atoms with van der Waals surface area (Å²) in [7, 11) is 0. The molecule has 16 heavy (non-hydrogen) atoms. The highest BCUT2D eigenvalue weighted by Crippen LogP contribution is 2.24. The molecule has 1 aromatic rings. The average Bonchev–Trinajstić information content (AvgIpc) is 2.29. The lowest BCUT2D eigenvalue weighted by molar-refractivity contribution is -0.138. The summed E-state index contributed by atoms with van der Waals surface area (Å²) in [4.78, 5) is 11.0. The van der Waals surface area contributed by atoms with Gasteiger partial charge >= 0.3 is 5.97 Å². The average molecular weight is 225 g/mol. The number of rotatable bonds is 5. The van der Waals surface area contributed by atoms with Crippen LogP contribution in [0.2, 0.25) is 0 Å². The van der Waals surface area contributed by atoms with Gasteiger partial charge in [0.2, 0.25) is 0 Å². The molecule has 0 radical (unpaired) electrons. The Balaban J connectivity index is 3.16. The molecule has 88 valence electrons. The predicted octanol–water partition coefficient (Wildman–Crippen LogP) is -0.161. The van der Waals surface area contributed by atoms with E-state index in [4.69, 9.17) is 15.9 Å². The molecule has 0 fully saturated rings. The fourth-order valence-electron chi connectivity index (χ4n) is 1.59. The first kappa shape index (κ1) is 12.6. The molecule has 0 aliphatic heterocycles. The SMILES string of the molecule is NCC(C(=O)O)c1ccccc1C(O)CO. The molecule has 2 unspecified atom stereocenters. The number of benzene rings is 1. The van der Waals surface area contributed by atoms with E-state index in [-0.39, 0.29) is 6.54 Å². The zero-order valence-corrected chi connectivity index (χ0v) is 8.71. The highest BCUT2D eigenvalue weighted by molar-refractivity contribution is 5.77. The number of aliphatic hydroxyl groups excluding tert-OH is 2. The molecule has 0 saturated heterocycles. The van der Waals surface area contributed by atoms with E-state index in [0.29, 0.717) is 11.1 Å². The number of carboxylic acid groups (broad SMARTS) is 1. The largest absolute Gasteiger partial charge is 0.481 e. The van der Waals surface area contributed by atoms with Crippen molar-refractivity contribution < 1.29 is 20.1 Å². The molecule has 5 heteroatoms. The molecule has 0 saturated carbocycles. The lowest BCUT2D eigenvalue weighted by Crippen LogP contribution is -2.23. The Hall–Kier alpha value is -1.43. The Morgan fingerprint density at radius 2 is 1.88 bits per heavy atom. The minimum atomic E-state index is -1.08. The van der Waals surface area contributed by atoms with Crippen molar-refractivity contribution in [2.75, 3.05) is 13.2 Å². The van der Waals surface area contributed by atoms with Gasteiger partial charge in [0.15, 0.2) is 0 Å². The monoisotopic (exact) mass is 225 g/mol. The summed E-state index contributed by atoms with van der Waals surface area (Å²) in [6.07, 6.45) is -1.08. The van der Waals surface area contributed by atoms with Gasteiger partial charge in [-0.05, 0) is 11.1 Å². The van der Waals surface area contributed by atoms with Gasteiger partial charge < -0.3 is 21.1 Å². The van der Waals surface area contributed by atoms with Crippen LogP contribution >= 0.6 is 0 Å². The molecule has 1 rings (SSSR count). The van der Waals surface area contributed by atoms with Gasteiger partial charge in [-0.3, -0.25) is 4.79 Å². The maximum Gasteiger partial charge on any atom is 0.312 e. The van der Waals surface area contributed by atoms with Gasteiger partial charge in [0.1, 0.15) is 6.10 Å². The summed E-state index contributed by atoms with van der Waals surface area (Å²) in [6.45, 7) is -0.502. The summed E-state index contributed by atoms with van der Waals surface area (Å²) < 4.78 is 0. The second-order valence-electron chi connectivity index (χ2n) is 3.45.